The summed E-state index contributed by atoms with van der Waals surface area (Å²) in [7, 11) is 0. The molecule has 0 rings (SSSR count). The normalized spacial score (nSPS) is 10.4. The Morgan fingerprint density at radius 1 is 1.67 bits per heavy atom. The summed E-state index contributed by atoms with van der Waals surface area (Å²) in [6.07, 6.45) is 4.36. The van der Waals surface area contributed by atoms with Crippen LogP contribution in [0.15, 0.2) is 12.2 Å². The lowest BCUT2D eigenvalue weighted by Crippen LogP contribution is -1.87. The number of carbonyl (C=O) groups is 1. The van der Waals surface area contributed by atoms with Crippen LogP contribution in [0, 0.1) is 0 Å². The van der Waals surface area contributed by atoms with E-state index >= 15 is 0 Å². The van der Waals surface area contributed by atoms with E-state index in [0.29, 0.717) is 6.42 Å². The molecular formula is C7H12OS. The molecule has 2 heteroatoms. The first kappa shape index (κ1) is 8.76. The van der Waals surface area contributed by atoms with E-state index in [1.165, 1.54) is 11.8 Å². The summed E-state index contributed by atoms with van der Waals surface area (Å²) < 4.78 is 0. The molecular weight excluding hydrogens is 132 g/mol. The Labute approximate surface area is 60.5 Å². The van der Waals surface area contributed by atoms with Crippen LogP contribution in [-0.4, -0.2) is 10.9 Å². The Hall–Kier alpha value is -0.240. The zero-order valence-corrected chi connectivity index (χ0v) is 6.70. The van der Waals surface area contributed by atoms with Gasteiger partial charge < -0.3 is 0 Å². The number of hydrogen-bond acceptors (Lipinski definition) is 2. The minimum Gasteiger partial charge on any atom is -0.287 e. The highest BCUT2D eigenvalue weighted by Crippen LogP contribution is 2.03. The van der Waals surface area contributed by atoms with Crippen molar-refractivity contribution in [2.45, 2.75) is 20.3 Å². The van der Waals surface area contributed by atoms with Crippen molar-refractivity contribution in [2.75, 3.05) is 5.75 Å². The van der Waals surface area contributed by atoms with Gasteiger partial charge in [-0.25, -0.2) is 0 Å². The summed E-state index contributed by atoms with van der Waals surface area (Å²) in [5.74, 6) is 0.885. The topological polar surface area (TPSA) is 17.1 Å². The average molecular weight is 144 g/mol. The van der Waals surface area contributed by atoms with Crippen molar-refractivity contribution >= 4 is 16.9 Å². The molecule has 1 nitrogen and oxygen atoms in total. The van der Waals surface area contributed by atoms with Gasteiger partial charge in [0.25, 0.3) is 0 Å². The lowest BCUT2D eigenvalue weighted by atomic mass is 10.4. The first-order valence-corrected chi connectivity index (χ1v) is 4.06. The van der Waals surface area contributed by atoms with Gasteiger partial charge in [-0.15, -0.1) is 0 Å². The molecule has 52 valence electrons. The van der Waals surface area contributed by atoms with Gasteiger partial charge in [-0.05, 0) is 12.7 Å². The maximum atomic E-state index is 10.7. The molecule has 0 spiro atoms. The van der Waals surface area contributed by atoms with Gasteiger partial charge in [0.1, 0.15) is 0 Å². The van der Waals surface area contributed by atoms with Crippen LogP contribution in [0.5, 0.6) is 0 Å². The Morgan fingerprint density at radius 3 is 2.78 bits per heavy atom. The zero-order valence-electron chi connectivity index (χ0n) is 5.89. The predicted molar refractivity (Wildman–Crippen MR) is 42.6 cm³/mol. The van der Waals surface area contributed by atoms with Crippen LogP contribution >= 0.6 is 11.8 Å². The third-order valence-electron chi connectivity index (χ3n) is 0.826. The van der Waals surface area contributed by atoms with Gasteiger partial charge >= 0.3 is 0 Å². The second kappa shape index (κ2) is 5.89. The Morgan fingerprint density at radius 2 is 2.33 bits per heavy atom. The number of allylic oxidation sites excluding steroid dienone is 2. The van der Waals surface area contributed by atoms with Crippen LogP contribution in [-0.2, 0) is 4.79 Å². The highest BCUT2D eigenvalue weighted by Gasteiger charge is 1.94. The zero-order chi connectivity index (χ0) is 7.11. The molecule has 0 fully saturated rings. The van der Waals surface area contributed by atoms with Gasteiger partial charge in [0.15, 0.2) is 5.12 Å². The molecule has 0 unspecified atom stereocenters. The SMILES string of the molecule is CC=CCC(=O)SCC. The second-order valence-corrected chi connectivity index (χ2v) is 2.90. The monoisotopic (exact) mass is 144 g/mol. The van der Waals surface area contributed by atoms with Crippen LogP contribution in [0.1, 0.15) is 20.3 Å². The first-order valence-electron chi connectivity index (χ1n) is 3.08. The molecule has 0 N–H and O–H groups in total. The van der Waals surface area contributed by atoms with Crippen LogP contribution in [0.2, 0.25) is 0 Å². The maximum absolute atomic E-state index is 10.7. The van der Waals surface area contributed by atoms with E-state index in [2.05, 4.69) is 0 Å². The van der Waals surface area contributed by atoms with Crippen molar-refractivity contribution in [1.82, 2.24) is 0 Å². The lowest BCUT2D eigenvalue weighted by Gasteiger charge is -1.89. The molecule has 0 saturated carbocycles. The van der Waals surface area contributed by atoms with Gasteiger partial charge in [0.2, 0.25) is 0 Å². The van der Waals surface area contributed by atoms with Crippen molar-refractivity contribution in [3.05, 3.63) is 12.2 Å². The third kappa shape index (κ3) is 5.63. The number of thioether (sulfide) groups is 1. The molecule has 0 aliphatic rings. The summed E-state index contributed by atoms with van der Waals surface area (Å²) in [5, 5.41) is 0.260. The van der Waals surface area contributed by atoms with Crippen molar-refractivity contribution < 1.29 is 4.79 Å². The Balaban J connectivity index is 3.27. The van der Waals surface area contributed by atoms with Gasteiger partial charge in [0.05, 0.1) is 0 Å². The summed E-state index contributed by atoms with van der Waals surface area (Å²) in [4.78, 5) is 10.7. The van der Waals surface area contributed by atoms with Crippen LogP contribution in [0.25, 0.3) is 0 Å². The van der Waals surface area contributed by atoms with Gasteiger partial charge in [0, 0.05) is 6.42 Å². The largest absolute Gasteiger partial charge is 0.287 e. The number of carbonyl (C=O) groups excluding carboxylic acids is 1. The average Bonchev–Trinajstić information content (AvgIpc) is 1.85. The fourth-order valence-electron chi connectivity index (χ4n) is 0.434. The summed E-state index contributed by atoms with van der Waals surface area (Å²) in [5.41, 5.74) is 0. The Bertz CT molecular complexity index is 107. The van der Waals surface area contributed by atoms with E-state index < -0.39 is 0 Å². The van der Waals surface area contributed by atoms with Gasteiger partial charge in [-0.1, -0.05) is 30.8 Å². The van der Waals surface area contributed by atoms with Crippen LogP contribution in [0.3, 0.4) is 0 Å². The van der Waals surface area contributed by atoms with E-state index in [9.17, 15) is 4.79 Å². The molecule has 9 heavy (non-hydrogen) atoms. The molecule has 0 aromatic carbocycles. The van der Waals surface area contributed by atoms with Gasteiger partial charge in [-0.3, -0.25) is 4.79 Å². The van der Waals surface area contributed by atoms with E-state index in [1.54, 1.807) is 0 Å². The molecule has 0 atom stereocenters. The summed E-state index contributed by atoms with van der Waals surface area (Å²) >= 11 is 1.38. The van der Waals surface area contributed by atoms with Crippen molar-refractivity contribution in [1.29, 1.82) is 0 Å². The molecule has 0 aliphatic heterocycles. The van der Waals surface area contributed by atoms with E-state index in [4.69, 9.17) is 0 Å². The lowest BCUT2D eigenvalue weighted by molar-refractivity contribution is -0.110. The molecule has 0 amide bonds. The minimum absolute atomic E-state index is 0.260. The molecule has 0 aliphatic carbocycles. The fourth-order valence-corrected chi connectivity index (χ4v) is 0.970. The second-order valence-electron chi connectivity index (χ2n) is 1.58. The standard InChI is InChI=1S/C7H12OS/c1-3-5-6-7(8)9-4-2/h3,5H,4,6H2,1-2H3. The predicted octanol–water partition coefficient (Wildman–Crippen LogP) is 2.23. The summed E-state index contributed by atoms with van der Waals surface area (Å²) in [6, 6.07) is 0. The highest BCUT2D eigenvalue weighted by atomic mass is 32.2. The highest BCUT2D eigenvalue weighted by molar-refractivity contribution is 8.13. The van der Waals surface area contributed by atoms with Crippen molar-refractivity contribution in [3.63, 3.8) is 0 Å². The van der Waals surface area contributed by atoms with E-state index in [1.807, 2.05) is 26.0 Å². The minimum atomic E-state index is 0.260. The van der Waals surface area contributed by atoms with E-state index in [-0.39, 0.29) is 5.12 Å². The van der Waals surface area contributed by atoms with E-state index in [0.717, 1.165) is 5.75 Å². The molecule has 0 aromatic heterocycles. The quantitative estimate of drug-likeness (QED) is 0.565. The maximum Gasteiger partial charge on any atom is 0.192 e. The van der Waals surface area contributed by atoms with Gasteiger partial charge in [-0.2, -0.15) is 0 Å². The molecule has 0 radical (unpaired) electrons. The Kier molecular flexibility index (Phi) is 5.73. The van der Waals surface area contributed by atoms with Crippen LogP contribution < -0.4 is 0 Å². The molecule has 0 heterocycles. The first-order chi connectivity index (χ1) is 4.31. The number of rotatable bonds is 3. The smallest absolute Gasteiger partial charge is 0.192 e. The summed E-state index contributed by atoms with van der Waals surface area (Å²) in [6.45, 7) is 3.90. The van der Waals surface area contributed by atoms with Crippen molar-refractivity contribution in [2.24, 2.45) is 0 Å². The third-order valence-corrected chi connectivity index (χ3v) is 1.60. The van der Waals surface area contributed by atoms with Crippen molar-refractivity contribution in [3.8, 4) is 0 Å². The van der Waals surface area contributed by atoms with Crippen LogP contribution in [0.4, 0.5) is 0 Å². The molecule has 0 aromatic rings. The number of hydrogen-bond donors (Lipinski definition) is 0. The fraction of sp³-hybridized carbons (Fsp3) is 0.571. The molecule has 0 bridgehead atoms. The molecule has 0 saturated heterocycles.